The molecule has 0 unspecified atom stereocenters. The number of rotatable bonds is 5. The number of nitrogens with zero attached hydrogens (tertiary/aromatic N) is 1. The van der Waals surface area contributed by atoms with Crippen molar-refractivity contribution in [1.29, 1.82) is 0 Å². The fourth-order valence-electron chi connectivity index (χ4n) is 3.22. The van der Waals surface area contributed by atoms with Crippen LogP contribution in [0, 0.1) is 5.82 Å². The van der Waals surface area contributed by atoms with Crippen LogP contribution in [0.1, 0.15) is 25.0 Å². The lowest BCUT2D eigenvalue weighted by Crippen LogP contribution is -2.38. The molecule has 0 fully saturated rings. The molecule has 1 amide bonds. The highest BCUT2D eigenvalue weighted by Gasteiger charge is 2.34. The predicted octanol–water partition coefficient (Wildman–Crippen LogP) is 4.07. The van der Waals surface area contributed by atoms with Gasteiger partial charge in [-0.3, -0.25) is 9.59 Å². The molecule has 31 heavy (non-hydrogen) atoms. The Morgan fingerprint density at radius 2 is 1.81 bits per heavy atom. The van der Waals surface area contributed by atoms with Crippen molar-refractivity contribution in [1.82, 2.24) is 4.57 Å². The second-order valence-corrected chi connectivity index (χ2v) is 7.77. The van der Waals surface area contributed by atoms with Crippen LogP contribution < -0.4 is 10.9 Å². The van der Waals surface area contributed by atoms with Gasteiger partial charge in [0.05, 0.1) is 24.1 Å². The first-order valence-electron chi connectivity index (χ1n) is 9.35. The SMILES string of the molecule is CC(C)(CO)n1ccc2c(NC(=O)Cc3ccc(F)c(C(F)(F)F)c3)cccc2c1=O. The van der Waals surface area contributed by atoms with Gasteiger partial charge < -0.3 is 15.0 Å². The van der Waals surface area contributed by atoms with Gasteiger partial charge in [-0.2, -0.15) is 13.2 Å². The standard InChI is InChI=1S/C22H20F4N2O3/c1-21(2,12-29)28-9-8-14-15(20(28)31)4-3-5-18(14)27-19(30)11-13-6-7-17(23)16(10-13)22(24,25)26/h3-10,29H,11-12H2,1-2H3,(H,27,30). The number of carbonyl (C=O) groups excluding carboxylic acids is 1. The molecule has 0 aliphatic heterocycles. The molecular weight excluding hydrogens is 416 g/mol. The topological polar surface area (TPSA) is 71.3 Å². The fourth-order valence-corrected chi connectivity index (χ4v) is 3.22. The summed E-state index contributed by atoms with van der Waals surface area (Å²) >= 11 is 0. The fraction of sp³-hybridized carbons (Fsp3) is 0.273. The third kappa shape index (κ3) is 4.61. The van der Waals surface area contributed by atoms with Crippen molar-refractivity contribution in [2.75, 3.05) is 11.9 Å². The molecule has 9 heteroatoms. The monoisotopic (exact) mass is 436 g/mol. The number of aromatic nitrogens is 1. The third-order valence-electron chi connectivity index (χ3n) is 4.96. The number of anilines is 1. The number of pyridine rings is 1. The van der Waals surface area contributed by atoms with Gasteiger partial charge in [-0.05, 0) is 49.7 Å². The smallest absolute Gasteiger partial charge is 0.394 e. The summed E-state index contributed by atoms with van der Waals surface area (Å²) in [7, 11) is 0. The average molecular weight is 436 g/mol. The highest BCUT2D eigenvalue weighted by Crippen LogP contribution is 2.32. The Labute approximate surface area is 174 Å². The van der Waals surface area contributed by atoms with Crippen molar-refractivity contribution in [3.8, 4) is 0 Å². The van der Waals surface area contributed by atoms with E-state index in [1.54, 1.807) is 38.1 Å². The van der Waals surface area contributed by atoms with Crippen LogP contribution in [0.3, 0.4) is 0 Å². The summed E-state index contributed by atoms with van der Waals surface area (Å²) in [5.41, 5.74) is -2.32. The molecule has 0 saturated heterocycles. The summed E-state index contributed by atoms with van der Waals surface area (Å²) in [4.78, 5) is 25.2. The largest absolute Gasteiger partial charge is 0.419 e. The van der Waals surface area contributed by atoms with E-state index in [0.29, 0.717) is 28.6 Å². The van der Waals surface area contributed by atoms with Crippen LogP contribution in [0.15, 0.2) is 53.5 Å². The summed E-state index contributed by atoms with van der Waals surface area (Å²) in [6.07, 6.45) is -3.77. The Balaban J connectivity index is 1.90. The van der Waals surface area contributed by atoms with Gasteiger partial charge in [0, 0.05) is 22.7 Å². The summed E-state index contributed by atoms with van der Waals surface area (Å²) in [5, 5.41) is 12.9. The lowest BCUT2D eigenvalue weighted by atomic mass is 10.0. The Morgan fingerprint density at radius 1 is 1.10 bits per heavy atom. The highest BCUT2D eigenvalue weighted by molar-refractivity contribution is 6.02. The third-order valence-corrected chi connectivity index (χ3v) is 4.96. The molecule has 5 nitrogen and oxygen atoms in total. The molecule has 3 aromatic rings. The van der Waals surface area contributed by atoms with Crippen LogP contribution in [-0.4, -0.2) is 22.2 Å². The lowest BCUT2D eigenvalue weighted by molar-refractivity contribution is -0.140. The maximum atomic E-state index is 13.4. The van der Waals surface area contributed by atoms with Crippen molar-refractivity contribution < 1.29 is 27.5 Å². The zero-order chi connectivity index (χ0) is 23.0. The van der Waals surface area contributed by atoms with E-state index in [9.17, 15) is 32.3 Å². The predicted molar refractivity (Wildman–Crippen MR) is 108 cm³/mol. The van der Waals surface area contributed by atoms with E-state index in [2.05, 4.69) is 5.32 Å². The minimum atomic E-state index is -4.87. The molecule has 164 valence electrons. The lowest BCUT2D eigenvalue weighted by Gasteiger charge is -2.25. The van der Waals surface area contributed by atoms with E-state index in [-0.39, 0.29) is 17.7 Å². The van der Waals surface area contributed by atoms with Gasteiger partial charge in [0.25, 0.3) is 5.56 Å². The second-order valence-electron chi connectivity index (χ2n) is 7.77. The Hall–Kier alpha value is -3.20. The number of nitrogens with one attached hydrogen (secondary N) is 1. The van der Waals surface area contributed by atoms with Gasteiger partial charge in [-0.25, -0.2) is 4.39 Å². The van der Waals surface area contributed by atoms with Crippen molar-refractivity contribution in [2.45, 2.75) is 32.0 Å². The van der Waals surface area contributed by atoms with Gasteiger partial charge in [-0.1, -0.05) is 12.1 Å². The van der Waals surface area contributed by atoms with Gasteiger partial charge in [0.1, 0.15) is 5.82 Å². The van der Waals surface area contributed by atoms with E-state index < -0.39 is 35.4 Å². The van der Waals surface area contributed by atoms with Crippen molar-refractivity contribution >= 4 is 22.4 Å². The van der Waals surface area contributed by atoms with Crippen LogP contribution in [0.5, 0.6) is 0 Å². The first kappa shape index (κ1) is 22.5. The van der Waals surface area contributed by atoms with Crippen molar-refractivity contribution in [2.24, 2.45) is 0 Å². The minimum Gasteiger partial charge on any atom is -0.394 e. The summed E-state index contributed by atoms with van der Waals surface area (Å²) in [6.45, 7) is 3.14. The number of carbonyl (C=O) groups is 1. The van der Waals surface area contributed by atoms with Crippen LogP contribution in [0.4, 0.5) is 23.2 Å². The number of hydrogen-bond acceptors (Lipinski definition) is 3. The van der Waals surface area contributed by atoms with Gasteiger partial charge in [0.2, 0.25) is 5.91 Å². The number of fused-ring (bicyclic) bond motifs is 1. The summed E-state index contributed by atoms with van der Waals surface area (Å²) < 4.78 is 53.5. The Morgan fingerprint density at radius 3 is 2.45 bits per heavy atom. The first-order valence-corrected chi connectivity index (χ1v) is 9.35. The van der Waals surface area contributed by atoms with Crippen LogP contribution in [0.25, 0.3) is 10.8 Å². The molecule has 2 N–H and O–H groups in total. The molecule has 3 rings (SSSR count). The number of aliphatic hydroxyl groups is 1. The quantitative estimate of drug-likeness (QED) is 0.593. The second kappa shape index (κ2) is 8.14. The molecule has 0 aliphatic rings. The van der Waals surface area contributed by atoms with E-state index in [1.807, 2.05) is 0 Å². The van der Waals surface area contributed by atoms with Gasteiger partial charge in [0.15, 0.2) is 0 Å². The zero-order valence-corrected chi connectivity index (χ0v) is 16.8. The first-order chi connectivity index (χ1) is 14.4. The molecule has 1 aromatic heterocycles. The van der Waals surface area contributed by atoms with E-state index in [1.165, 1.54) is 10.8 Å². The maximum Gasteiger partial charge on any atom is 0.419 e. The molecule has 2 aromatic carbocycles. The molecule has 0 radical (unpaired) electrons. The number of alkyl halides is 3. The maximum absolute atomic E-state index is 13.4. The number of aliphatic hydroxyl groups excluding tert-OH is 1. The number of hydrogen-bond donors (Lipinski definition) is 2. The van der Waals surface area contributed by atoms with E-state index >= 15 is 0 Å². The minimum absolute atomic E-state index is 0.00138. The van der Waals surface area contributed by atoms with E-state index in [4.69, 9.17) is 0 Å². The average Bonchev–Trinajstić information content (AvgIpc) is 2.69. The molecule has 0 aliphatic carbocycles. The summed E-state index contributed by atoms with van der Waals surface area (Å²) in [5.74, 6) is -2.03. The number of amides is 1. The Bertz CT molecular complexity index is 1200. The van der Waals surface area contributed by atoms with Gasteiger partial charge in [-0.15, -0.1) is 0 Å². The molecule has 0 atom stereocenters. The van der Waals surface area contributed by atoms with Crippen LogP contribution in [0.2, 0.25) is 0 Å². The highest BCUT2D eigenvalue weighted by atomic mass is 19.4. The number of benzene rings is 2. The van der Waals surface area contributed by atoms with Crippen molar-refractivity contribution in [3.63, 3.8) is 0 Å². The van der Waals surface area contributed by atoms with Crippen molar-refractivity contribution in [3.05, 3.63) is 76.0 Å². The molecule has 1 heterocycles. The van der Waals surface area contributed by atoms with E-state index in [0.717, 1.165) is 6.07 Å². The van der Waals surface area contributed by atoms with Crippen LogP contribution in [-0.2, 0) is 22.9 Å². The molecular formula is C22H20F4N2O3. The van der Waals surface area contributed by atoms with Crippen LogP contribution >= 0.6 is 0 Å². The zero-order valence-electron chi connectivity index (χ0n) is 16.8. The molecule has 0 saturated carbocycles. The van der Waals surface area contributed by atoms with Gasteiger partial charge >= 0.3 is 6.18 Å². The number of halogens is 4. The normalized spacial score (nSPS) is 12.2. The molecule has 0 spiro atoms. The molecule has 0 bridgehead atoms. The Kier molecular flexibility index (Phi) is 5.91. The summed E-state index contributed by atoms with van der Waals surface area (Å²) in [6, 6.07) is 8.71.